The molecule has 1 N–H and O–H groups in total. The summed E-state index contributed by atoms with van der Waals surface area (Å²) in [6.07, 6.45) is 3.08. The molecule has 1 saturated heterocycles. The monoisotopic (exact) mass is 181 g/mol. The Morgan fingerprint density at radius 3 is 3.31 bits per heavy atom. The average molecular weight is 181 g/mol. The summed E-state index contributed by atoms with van der Waals surface area (Å²) < 4.78 is 7.08. The Hall–Kier alpha value is -0.870. The zero-order chi connectivity index (χ0) is 9.10. The number of nitrogens with zero attached hydrogens (tertiary/aromatic N) is 2. The third-order valence-electron chi connectivity index (χ3n) is 2.27. The first-order valence-corrected chi connectivity index (χ1v) is 4.64. The molecule has 0 bridgehead atoms. The zero-order valence-corrected chi connectivity index (χ0v) is 7.86. The van der Waals surface area contributed by atoms with E-state index in [9.17, 15) is 0 Å². The van der Waals surface area contributed by atoms with Crippen LogP contribution < -0.4 is 5.32 Å². The van der Waals surface area contributed by atoms with Crippen LogP contribution in [0, 0.1) is 0 Å². The van der Waals surface area contributed by atoms with Crippen molar-refractivity contribution in [3.63, 3.8) is 0 Å². The Labute approximate surface area is 77.9 Å². The van der Waals surface area contributed by atoms with E-state index < -0.39 is 0 Å². The van der Waals surface area contributed by atoms with Gasteiger partial charge >= 0.3 is 0 Å². The van der Waals surface area contributed by atoms with Gasteiger partial charge in [-0.1, -0.05) is 0 Å². The average Bonchev–Trinajstić information content (AvgIpc) is 2.71. The standard InChI is InChI=1S/C9H15N3O/c1-12-4-2-8(11-12)6-10-9-3-5-13-7-9/h2,4,9-10H,3,5-7H2,1H3. The smallest absolute Gasteiger partial charge is 0.0762 e. The van der Waals surface area contributed by atoms with Crippen molar-refractivity contribution in [3.05, 3.63) is 18.0 Å². The van der Waals surface area contributed by atoms with Crippen molar-refractivity contribution in [2.75, 3.05) is 13.2 Å². The number of ether oxygens (including phenoxy) is 1. The zero-order valence-electron chi connectivity index (χ0n) is 7.86. The van der Waals surface area contributed by atoms with Gasteiger partial charge in [-0.2, -0.15) is 5.10 Å². The van der Waals surface area contributed by atoms with Crippen LogP contribution in [0.4, 0.5) is 0 Å². The first-order chi connectivity index (χ1) is 6.34. The Bertz CT molecular complexity index is 266. The molecule has 0 aromatic carbocycles. The summed E-state index contributed by atoms with van der Waals surface area (Å²) >= 11 is 0. The highest BCUT2D eigenvalue weighted by Crippen LogP contribution is 2.04. The van der Waals surface area contributed by atoms with E-state index in [1.807, 2.05) is 24.0 Å². The fourth-order valence-corrected chi connectivity index (χ4v) is 1.50. The molecular weight excluding hydrogens is 166 g/mol. The van der Waals surface area contributed by atoms with Crippen molar-refractivity contribution < 1.29 is 4.74 Å². The van der Waals surface area contributed by atoms with Crippen LogP contribution in [0.3, 0.4) is 0 Å². The minimum absolute atomic E-state index is 0.516. The van der Waals surface area contributed by atoms with Crippen molar-refractivity contribution in [1.29, 1.82) is 0 Å². The van der Waals surface area contributed by atoms with Crippen LogP contribution in [0.2, 0.25) is 0 Å². The molecule has 1 aromatic rings. The van der Waals surface area contributed by atoms with Gasteiger partial charge in [-0.3, -0.25) is 4.68 Å². The van der Waals surface area contributed by atoms with Crippen LogP contribution in [0.5, 0.6) is 0 Å². The van der Waals surface area contributed by atoms with E-state index in [-0.39, 0.29) is 0 Å². The topological polar surface area (TPSA) is 39.1 Å². The molecule has 1 aromatic heterocycles. The van der Waals surface area contributed by atoms with Crippen molar-refractivity contribution in [1.82, 2.24) is 15.1 Å². The quantitative estimate of drug-likeness (QED) is 0.729. The van der Waals surface area contributed by atoms with Crippen LogP contribution in [0.1, 0.15) is 12.1 Å². The van der Waals surface area contributed by atoms with Gasteiger partial charge < -0.3 is 10.1 Å². The lowest BCUT2D eigenvalue weighted by molar-refractivity contribution is 0.189. The molecule has 4 heteroatoms. The van der Waals surface area contributed by atoms with Gasteiger partial charge in [-0.25, -0.2) is 0 Å². The molecule has 2 rings (SSSR count). The van der Waals surface area contributed by atoms with E-state index >= 15 is 0 Å². The van der Waals surface area contributed by atoms with Gasteiger partial charge in [-0.05, 0) is 12.5 Å². The van der Waals surface area contributed by atoms with Gasteiger partial charge in [0, 0.05) is 32.4 Å². The second-order valence-electron chi connectivity index (χ2n) is 3.42. The highest BCUT2D eigenvalue weighted by molar-refractivity contribution is 4.98. The molecule has 72 valence electrons. The van der Waals surface area contributed by atoms with Crippen molar-refractivity contribution in [2.24, 2.45) is 7.05 Å². The lowest BCUT2D eigenvalue weighted by Crippen LogP contribution is -2.28. The lowest BCUT2D eigenvalue weighted by atomic mass is 10.2. The molecule has 1 atom stereocenters. The molecular formula is C9H15N3O. The molecule has 4 nitrogen and oxygen atoms in total. The highest BCUT2D eigenvalue weighted by Gasteiger charge is 2.14. The molecule has 0 amide bonds. The number of hydrogen-bond acceptors (Lipinski definition) is 3. The van der Waals surface area contributed by atoms with Gasteiger partial charge in [0.2, 0.25) is 0 Å². The maximum Gasteiger partial charge on any atom is 0.0762 e. The number of hydrogen-bond donors (Lipinski definition) is 1. The lowest BCUT2D eigenvalue weighted by Gasteiger charge is -2.07. The number of aromatic nitrogens is 2. The molecule has 0 spiro atoms. The Kier molecular flexibility index (Phi) is 2.61. The normalized spacial score (nSPS) is 22.4. The second-order valence-corrected chi connectivity index (χ2v) is 3.42. The van der Waals surface area contributed by atoms with E-state index in [2.05, 4.69) is 10.4 Å². The molecule has 1 fully saturated rings. The largest absolute Gasteiger partial charge is 0.380 e. The van der Waals surface area contributed by atoms with Gasteiger partial charge in [0.25, 0.3) is 0 Å². The van der Waals surface area contributed by atoms with E-state index in [0.29, 0.717) is 6.04 Å². The van der Waals surface area contributed by atoms with Crippen LogP contribution >= 0.6 is 0 Å². The maximum absolute atomic E-state index is 5.26. The van der Waals surface area contributed by atoms with Gasteiger partial charge in [0.15, 0.2) is 0 Å². The SMILES string of the molecule is Cn1ccc(CNC2CCOC2)n1. The van der Waals surface area contributed by atoms with Crippen LogP contribution in [-0.4, -0.2) is 29.0 Å². The first-order valence-electron chi connectivity index (χ1n) is 4.64. The minimum Gasteiger partial charge on any atom is -0.380 e. The molecule has 0 radical (unpaired) electrons. The minimum atomic E-state index is 0.516. The van der Waals surface area contributed by atoms with Crippen molar-refractivity contribution in [3.8, 4) is 0 Å². The fourth-order valence-electron chi connectivity index (χ4n) is 1.50. The third kappa shape index (κ3) is 2.29. The molecule has 13 heavy (non-hydrogen) atoms. The van der Waals surface area contributed by atoms with Crippen LogP contribution in [0.25, 0.3) is 0 Å². The predicted octanol–water partition coefficient (Wildman–Crippen LogP) is 0.299. The Morgan fingerprint density at radius 2 is 2.69 bits per heavy atom. The van der Waals surface area contributed by atoms with E-state index in [1.54, 1.807) is 0 Å². The summed E-state index contributed by atoms with van der Waals surface area (Å²) in [6.45, 7) is 2.57. The summed E-state index contributed by atoms with van der Waals surface area (Å²) in [5.74, 6) is 0. The fraction of sp³-hybridized carbons (Fsp3) is 0.667. The Morgan fingerprint density at radius 1 is 1.77 bits per heavy atom. The number of rotatable bonds is 3. The predicted molar refractivity (Wildman–Crippen MR) is 49.3 cm³/mol. The van der Waals surface area contributed by atoms with E-state index in [0.717, 1.165) is 31.9 Å². The molecule has 2 heterocycles. The summed E-state index contributed by atoms with van der Waals surface area (Å²) in [4.78, 5) is 0. The van der Waals surface area contributed by atoms with E-state index in [1.165, 1.54) is 0 Å². The molecule has 1 unspecified atom stereocenters. The van der Waals surface area contributed by atoms with Crippen LogP contribution in [0.15, 0.2) is 12.3 Å². The Balaban J connectivity index is 1.78. The van der Waals surface area contributed by atoms with E-state index in [4.69, 9.17) is 4.74 Å². The maximum atomic E-state index is 5.26. The summed E-state index contributed by atoms with van der Waals surface area (Å²) in [6, 6.07) is 2.55. The molecule has 1 aliphatic heterocycles. The highest BCUT2D eigenvalue weighted by atomic mass is 16.5. The number of nitrogens with one attached hydrogen (secondary N) is 1. The molecule has 0 aliphatic carbocycles. The van der Waals surface area contributed by atoms with Crippen molar-refractivity contribution in [2.45, 2.75) is 19.0 Å². The van der Waals surface area contributed by atoms with Gasteiger partial charge in [0.1, 0.15) is 0 Å². The summed E-state index contributed by atoms with van der Waals surface area (Å²) in [5, 5.41) is 7.70. The molecule has 1 aliphatic rings. The summed E-state index contributed by atoms with van der Waals surface area (Å²) in [7, 11) is 1.93. The van der Waals surface area contributed by atoms with Crippen molar-refractivity contribution >= 4 is 0 Å². The first kappa shape index (κ1) is 8.72. The second kappa shape index (κ2) is 3.89. The molecule has 0 saturated carbocycles. The summed E-state index contributed by atoms with van der Waals surface area (Å²) in [5.41, 5.74) is 1.09. The van der Waals surface area contributed by atoms with Crippen LogP contribution in [-0.2, 0) is 18.3 Å². The van der Waals surface area contributed by atoms with Gasteiger partial charge in [-0.15, -0.1) is 0 Å². The van der Waals surface area contributed by atoms with Gasteiger partial charge in [0.05, 0.1) is 12.3 Å². The third-order valence-corrected chi connectivity index (χ3v) is 2.27. The number of aryl methyl sites for hydroxylation is 1.